The van der Waals surface area contributed by atoms with Gasteiger partial charge in [0.25, 0.3) is 0 Å². The van der Waals surface area contributed by atoms with Crippen LogP contribution in [0.15, 0.2) is 24.3 Å². The molecule has 0 aliphatic carbocycles. The van der Waals surface area contributed by atoms with Gasteiger partial charge in [-0.15, -0.1) is 0 Å². The highest BCUT2D eigenvalue weighted by molar-refractivity contribution is 5.32. The predicted molar refractivity (Wildman–Crippen MR) is 64.3 cm³/mol. The van der Waals surface area contributed by atoms with Crippen LogP contribution in [0.25, 0.3) is 0 Å². The standard InChI is InChI=1S/C13H17F3N2/c1-10(18-8-6-17-7-9-18)11-4-2-3-5-12(11)13(14,15)16/h2-5,10,17H,6-9H2,1H3. The van der Waals surface area contributed by atoms with E-state index in [1.54, 1.807) is 12.1 Å². The van der Waals surface area contributed by atoms with E-state index in [0.29, 0.717) is 5.56 Å². The van der Waals surface area contributed by atoms with E-state index >= 15 is 0 Å². The maximum absolute atomic E-state index is 12.9. The Bertz CT molecular complexity index is 397. The van der Waals surface area contributed by atoms with Crippen LogP contribution in [0.5, 0.6) is 0 Å². The monoisotopic (exact) mass is 258 g/mol. The third kappa shape index (κ3) is 2.84. The van der Waals surface area contributed by atoms with Crippen molar-refractivity contribution in [1.29, 1.82) is 0 Å². The molecule has 1 aliphatic heterocycles. The van der Waals surface area contributed by atoms with Crippen molar-refractivity contribution in [2.24, 2.45) is 0 Å². The average molecular weight is 258 g/mol. The Morgan fingerprint density at radius 1 is 1.17 bits per heavy atom. The van der Waals surface area contributed by atoms with Gasteiger partial charge in [-0.3, -0.25) is 4.90 Å². The molecule has 1 unspecified atom stereocenters. The Hall–Kier alpha value is -1.07. The van der Waals surface area contributed by atoms with Crippen molar-refractivity contribution in [1.82, 2.24) is 10.2 Å². The Balaban J connectivity index is 2.26. The summed E-state index contributed by atoms with van der Waals surface area (Å²) < 4.78 is 38.8. The summed E-state index contributed by atoms with van der Waals surface area (Å²) in [5.74, 6) is 0. The van der Waals surface area contributed by atoms with Gasteiger partial charge in [-0.1, -0.05) is 18.2 Å². The van der Waals surface area contributed by atoms with Crippen LogP contribution in [-0.4, -0.2) is 31.1 Å². The van der Waals surface area contributed by atoms with Crippen molar-refractivity contribution in [3.8, 4) is 0 Å². The molecule has 100 valence electrons. The molecule has 0 bridgehead atoms. The Morgan fingerprint density at radius 2 is 1.78 bits per heavy atom. The average Bonchev–Trinajstić information content (AvgIpc) is 2.38. The molecular weight excluding hydrogens is 241 g/mol. The molecule has 0 saturated carbocycles. The van der Waals surface area contributed by atoms with Crippen molar-refractivity contribution in [2.75, 3.05) is 26.2 Å². The molecule has 0 amide bonds. The molecule has 5 heteroatoms. The third-order valence-corrected chi connectivity index (χ3v) is 3.42. The first kappa shape index (κ1) is 13.4. The maximum Gasteiger partial charge on any atom is 0.416 e. The number of hydrogen-bond donors (Lipinski definition) is 1. The quantitative estimate of drug-likeness (QED) is 0.877. The lowest BCUT2D eigenvalue weighted by molar-refractivity contribution is -0.138. The fourth-order valence-corrected chi connectivity index (χ4v) is 2.39. The first-order chi connectivity index (χ1) is 8.50. The molecular formula is C13H17F3N2. The van der Waals surface area contributed by atoms with Gasteiger partial charge in [0.15, 0.2) is 0 Å². The van der Waals surface area contributed by atoms with E-state index < -0.39 is 11.7 Å². The summed E-state index contributed by atoms with van der Waals surface area (Å²) in [4.78, 5) is 2.08. The van der Waals surface area contributed by atoms with Crippen LogP contribution in [0.1, 0.15) is 24.1 Å². The highest BCUT2D eigenvalue weighted by Gasteiger charge is 2.35. The van der Waals surface area contributed by atoms with Crippen molar-refractivity contribution in [2.45, 2.75) is 19.1 Å². The Labute approximate surface area is 105 Å². The molecule has 1 heterocycles. The third-order valence-electron chi connectivity index (χ3n) is 3.42. The van der Waals surface area contributed by atoms with Crippen LogP contribution < -0.4 is 5.32 Å². The zero-order valence-corrected chi connectivity index (χ0v) is 10.3. The smallest absolute Gasteiger partial charge is 0.314 e. The SMILES string of the molecule is CC(c1ccccc1C(F)(F)F)N1CCNCC1. The second-order valence-corrected chi connectivity index (χ2v) is 4.55. The van der Waals surface area contributed by atoms with Crippen LogP contribution >= 0.6 is 0 Å². The van der Waals surface area contributed by atoms with Crippen molar-refractivity contribution in [3.63, 3.8) is 0 Å². The Morgan fingerprint density at radius 3 is 2.39 bits per heavy atom. The van der Waals surface area contributed by atoms with E-state index in [1.807, 2.05) is 6.92 Å². The van der Waals surface area contributed by atoms with E-state index in [-0.39, 0.29) is 6.04 Å². The lowest BCUT2D eigenvalue weighted by Gasteiger charge is -2.34. The summed E-state index contributed by atoms with van der Waals surface area (Å²) >= 11 is 0. The summed E-state index contributed by atoms with van der Waals surface area (Å²) in [6.45, 7) is 5.08. The van der Waals surface area contributed by atoms with E-state index in [4.69, 9.17) is 0 Å². The zero-order valence-electron chi connectivity index (χ0n) is 10.3. The van der Waals surface area contributed by atoms with Crippen LogP contribution in [0.4, 0.5) is 13.2 Å². The highest BCUT2D eigenvalue weighted by Crippen LogP contribution is 2.36. The predicted octanol–water partition coefficient (Wildman–Crippen LogP) is 2.67. The van der Waals surface area contributed by atoms with Gasteiger partial charge in [0.1, 0.15) is 0 Å². The normalized spacial score (nSPS) is 19.8. The summed E-state index contributed by atoms with van der Waals surface area (Å²) in [6, 6.07) is 5.65. The fourth-order valence-electron chi connectivity index (χ4n) is 2.39. The first-order valence-electron chi connectivity index (χ1n) is 6.11. The number of hydrogen-bond acceptors (Lipinski definition) is 2. The van der Waals surface area contributed by atoms with Crippen LogP contribution in [0.2, 0.25) is 0 Å². The van der Waals surface area contributed by atoms with Gasteiger partial charge in [0.05, 0.1) is 5.56 Å². The number of halogens is 3. The van der Waals surface area contributed by atoms with Gasteiger partial charge in [-0.05, 0) is 18.6 Å². The second-order valence-electron chi connectivity index (χ2n) is 4.55. The Kier molecular flexibility index (Phi) is 3.92. The first-order valence-corrected chi connectivity index (χ1v) is 6.11. The zero-order chi connectivity index (χ0) is 13.2. The minimum Gasteiger partial charge on any atom is -0.314 e. The molecule has 0 spiro atoms. The number of nitrogens with zero attached hydrogens (tertiary/aromatic N) is 1. The molecule has 0 aromatic heterocycles. The second kappa shape index (κ2) is 5.28. The largest absolute Gasteiger partial charge is 0.416 e. The van der Waals surface area contributed by atoms with Gasteiger partial charge in [0, 0.05) is 32.2 Å². The topological polar surface area (TPSA) is 15.3 Å². The molecule has 1 aromatic rings. The van der Waals surface area contributed by atoms with Crippen molar-refractivity contribution < 1.29 is 13.2 Å². The van der Waals surface area contributed by atoms with Crippen molar-refractivity contribution >= 4 is 0 Å². The molecule has 1 fully saturated rings. The van der Waals surface area contributed by atoms with Gasteiger partial charge in [-0.25, -0.2) is 0 Å². The number of piperazine rings is 1. The molecule has 0 radical (unpaired) electrons. The summed E-state index contributed by atoms with van der Waals surface area (Å²) in [5, 5.41) is 3.20. The lowest BCUT2D eigenvalue weighted by atomic mass is 9.99. The van der Waals surface area contributed by atoms with Crippen LogP contribution in [0, 0.1) is 0 Å². The summed E-state index contributed by atoms with van der Waals surface area (Å²) in [7, 11) is 0. The van der Waals surface area contributed by atoms with E-state index in [0.717, 1.165) is 32.2 Å². The molecule has 2 rings (SSSR count). The highest BCUT2D eigenvalue weighted by atomic mass is 19.4. The fraction of sp³-hybridized carbons (Fsp3) is 0.538. The number of alkyl halides is 3. The number of benzene rings is 1. The van der Waals surface area contributed by atoms with Gasteiger partial charge in [0.2, 0.25) is 0 Å². The summed E-state index contributed by atoms with van der Waals surface area (Å²) in [5.41, 5.74) is -0.150. The molecule has 1 atom stereocenters. The minimum absolute atomic E-state index is 0.204. The molecule has 1 aliphatic rings. The van der Waals surface area contributed by atoms with Crippen LogP contribution in [-0.2, 0) is 6.18 Å². The van der Waals surface area contributed by atoms with E-state index in [2.05, 4.69) is 10.2 Å². The molecule has 2 nitrogen and oxygen atoms in total. The van der Waals surface area contributed by atoms with Crippen LogP contribution in [0.3, 0.4) is 0 Å². The van der Waals surface area contributed by atoms with E-state index in [9.17, 15) is 13.2 Å². The summed E-state index contributed by atoms with van der Waals surface area (Å²) in [6.07, 6.45) is -4.28. The minimum atomic E-state index is -4.28. The van der Waals surface area contributed by atoms with Gasteiger partial charge in [-0.2, -0.15) is 13.2 Å². The number of rotatable bonds is 2. The molecule has 1 saturated heterocycles. The van der Waals surface area contributed by atoms with E-state index in [1.165, 1.54) is 6.07 Å². The maximum atomic E-state index is 12.9. The van der Waals surface area contributed by atoms with Gasteiger partial charge < -0.3 is 5.32 Å². The molecule has 18 heavy (non-hydrogen) atoms. The van der Waals surface area contributed by atoms with Gasteiger partial charge >= 0.3 is 6.18 Å². The molecule has 1 aromatic carbocycles. The lowest BCUT2D eigenvalue weighted by Crippen LogP contribution is -2.44. The van der Waals surface area contributed by atoms with Crippen molar-refractivity contribution in [3.05, 3.63) is 35.4 Å². The number of nitrogens with one attached hydrogen (secondary N) is 1. The molecule has 1 N–H and O–H groups in total.